The maximum Gasteiger partial charge on any atom is 0.419 e. The van der Waals surface area contributed by atoms with E-state index in [1.54, 1.807) is 0 Å². The van der Waals surface area contributed by atoms with Gasteiger partial charge in [-0.25, -0.2) is 8.78 Å². The van der Waals surface area contributed by atoms with Crippen LogP contribution in [0.15, 0.2) is 18.2 Å². The van der Waals surface area contributed by atoms with Crippen molar-refractivity contribution in [1.82, 2.24) is 4.90 Å². The van der Waals surface area contributed by atoms with Gasteiger partial charge in [-0.15, -0.1) is 0 Å². The van der Waals surface area contributed by atoms with Crippen molar-refractivity contribution in [1.29, 1.82) is 0 Å². The first kappa shape index (κ1) is 14.7. The zero-order valence-electron chi connectivity index (χ0n) is 9.51. The minimum atomic E-state index is -4.67. The van der Waals surface area contributed by atoms with Crippen molar-refractivity contribution in [2.75, 3.05) is 13.6 Å². The van der Waals surface area contributed by atoms with Gasteiger partial charge in [-0.1, -0.05) is 6.07 Å². The van der Waals surface area contributed by atoms with Crippen LogP contribution in [-0.2, 0) is 12.7 Å². The Bertz CT molecular complexity index is 405. The summed E-state index contributed by atoms with van der Waals surface area (Å²) in [5.74, 6) is -0.872. The average molecular weight is 269 g/mol. The predicted molar refractivity (Wildman–Crippen MR) is 55.4 cm³/mol. The molecule has 18 heavy (non-hydrogen) atoms. The molecule has 0 aliphatic rings. The highest BCUT2D eigenvalue weighted by atomic mass is 19.4. The Morgan fingerprint density at radius 2 is 1.89 bits per heavy atom. The molecule has 0 atom stereocenters. The molecule has 0 aromatic heterocycles. The first-order valence-electron chi connectivity index (χ1n) is 5.06. The molecule has 0 saturated carbocycles. The molecule has 1 aromatic rings. The Hall–Kier alpha value is -1.37. The van der Waals surface area contributed by atoms with Crippen LogP contribution in [0.25, 0.3) is 0 Å². The maximum atomic E-state index is 12.5. The summed E-state index contributed by atoms with van der Waals surface area (Å²) in [6.07, 6.45) is -7.21. The van der Waals surface area contributed by atoms with E-state index in [1.807, 2.05) is 0 Å². The van der Waals surface area contributed by atoms with Gasteiger partial charge in [0.1, 0.15) is 5.75 Å². The Kier molecular flexibility index (Phi) is 4.50. The number of nitrogens with zero attached hydrogens (tertiary/aromatic N) is 1. The summed E-state index contributed by atoms with van der Waals surface area (Å²) in [6.45, 7) is -0.573. The van der Waals surface area contributed by atoms with Gasteiger partial charge in [0.25, 0.3) is 6.43 Å². The van der Waals surface area contributed by atoms with E-state index in [9.17, 15) is 22.0 Å². The number of aromatic hydroxyl groups is 1. The number of rotatable bonds is 4. The van der Waals surface area contributed by atoms with Gasteiger partial charge in [0.15, 0.2) is 0 Å². The lowest BCUT2D eigenvalue weighted by molar-refractivity contribution is -0.138. The van der Waals surface area contributed by atoms with Gasteiger partial charge in [-0.2, -0.15) is 13.2 Å². The van der Waals surface area contributed by atoms with Crippen LogP contribution in [0.1, 0.15) is 11.1 Å². The molecule has 1 aromatic carbocycles. The van der Waals surface area contributed by atoms with Crippen LogP contribution in [0, 0.1) is 0 Å². The Morgan fingerprint density at radius 3 is 2.39 bits per heavy atom. The first-order valence-corrected chi connectivity index (χ1v) is 5.06. The molecule has 0 bridgehead atoms. The Balaban J connectivity index is 2.86. The van der Waals surface area contributed by atoms with Crippen LogP contribution in [0.3, 0.4) is 0 Å². The molecule has 2 nitrogen and oxygen atoms in total. The van der Waals surface area contributed by atoms with E-state index in [4.69, 9.17) is 5.11 Å². The van der Waals surface area contributed by atoms with Gasteiger partial charge >= 0.3 is 6.18 Å². The molecule has 0 heterocycles. The second-order valence-electron chi connectivity index (χ2n) is 3.94. The highest BCUT2D eigenvalue weighted by Crippen LogP contribution is 2.36. The molecule has 1 N–H and O–H groups in total. The monoisotopic (exact) mass is 269 g/mol. The second-order valence-corrected chi connectivity index (χ2v) is 3.94. The number of halogens is 5. The lowest BCUT2D eigenvalue weighted by atomic mass is 10.1. The zero-order chi connectivity index (χ0) is 13.9. The normalized spacial score (nSPS) is 12.4. The van der Waals surface area contributed by atoms with Crippen molar-refractivity contribution < 1.29 is 27.1 Å². The van der Waals surface area contributed by atoms with Crippen LogP contribution in [-0.4, -0.2) is 30.0 Å². The molecule has 0 radical (unpaired) electrons. The fourth-order valence-electron chi connectivity index (χ4n) is 1.52. The topological polar surface area (TPSA) is 23.5 Å². The van der Waals surface area contributed by atoms with Gasteiger partial charge in [-0.05, 0) is 24.7 Å². The van der Waals surface area contributed by atoms with Crippen molar-refractivity contribution in [2.24, 2.45) is 0 Å². The number of phenols is 1. The summed E-state index contributed by atoms with van der Waals surface area (Å²) in [5.41, 5.74) is -0.950. The second kappa shape index (κ2) is 5.51. The third-order valence-electron chi connectivity index (χ3n) is 2.27. The van der Waals surface area contributed by atoms with Crippen molar-refractivity contribution in [3.63, 3.8) is 0 Å². The summed E-state index contributed by atoms with van der Waals surface area (Å²) in [7, 11) is 1.38. The Labute approximate surface area is 101 Å². The van der Waals surface area contributed by atoms with Crippen LogP contribution >= 0.6 is 0 Å². The third-order valence-corrected chi connectivity index (χ3v) is 2.27. The van der Waals surface area contributed by atoms with E-state index in [-0.39, 0.29) is 12.1 Å². The van der Waals surface area contributed by atoms with E-state index in [0.29, 0.717) is 0 Å². The molecule has 7 heteroatoms. The lowest BCUT2D eigenvalue weighted by Crippen LogP contribution is -2.24. The molecular formula is C11H12F5NO. The summed E-state index contributed by atoms with van der Waals surface area (Å²) in [6, 6.07) is 2.94. The Morgan fingerprint density at radius 1 is 1.28 bits per heavy atom. The number of hydrogen-bond acceptors (Lipinski definition) is 2. The van der Waals surface area contributed by atoms with Crippen molar-refractivity contribution in [2.45, 2.75) is 19.1 Å². The number of alkyl halides is 5. The quantitative estimate of drug-likeness (QED) is 0.849. The number of benzene rings is 1. The van der Waals surface area contributed by atoms with Gasteiger partial charge in [0, 0.05) is 6.54 Å². The molecule has 102 valence electrons. The molecule has 0 unspecified atom stereocenters. The van der Waals surface area contributed by atoms with E-state index in [2.05, 4.69) is 0 Å². The molecule has 0 saturated heterocycles. The fourth-order valence-corrected chi connectivity index (χ4v) is 1.52. The van der Waals surface area contributed by atoms with Gasteiger partial charge in [0.2, 0.25) is 0 Å². The number of phenolic OH excluding ortho intramolecular Hbond substituents is 1. The average Bonchev–Trinajstić information content (AvgIpc) is 2.17. The van der Waals surface area contributed by atoms with E-state index in [0.717, 1.165) is 12.1 Å². The first-order chi connectivity index (χ1) is 8.20. The zero-order valence-corrected chi connectivity index (χ0v) is 9.51. The van der Waals surface area contributed by atoms with E-state index in [1.165, 1.54) is 18.0 Å². The van der Waals surface area contributed by atoms with Crippen LogP contribution in [0.4, 0.5) is 22.0 Å². The van der Waals surface area contributed by atoms with Crippen molar-refractivity contribution in [3.8, 4) is 5.75 Å². The van der Waals surface area contributed by atoms with Crippen molar-refractivity contribution in [3.05, 3.63) is 29.3 Å². The standard InChI is InChI=1S/C11H12F5NO/c1-17(6-10(12)13)5-7-2-3-9(18)8(4-7)11(14,15)16/h2-4,10,18H,5-6H2,1H3. The SMILES string of the molecule is CN(Cc1ccc(O)c(C(F)(F)F)c1)CC(F)F. The highest BCUT2D eigenvalue weighted by molar-refractivity contribution is 5.38. The molecule has 0 fully saturated rings. The smallest absolute Gasteiger partial charge is 0.419 e. The molecule has 0 aliphatic heterocycles. The predicted octanol–water partition coefficient (Wildman–Crippen LogP) is 3.11. The molecule has 0 amide bonds. The molecule has 0 spiro atoms. The van der Waals surface area contributed by atoms with Crippen molar-refractivity contribution >= 4 is 0 Å². The van der Waals surface area contributed by atoms with Gasteiger partial charge < -0.3 is 5.11 Å². The minimum absolute atomic E-state index is 0.0479. The highest BCUT2D eigenvalue weighted by Gasteiger charge is 2.34. The van der Waals surface area contributed by atoms with Crippen LogP contribution in [0.2, 0.25) is 0 Å². The summed E-state index contributed by atoms with van der Waals surface area (Å²) >= 11 is 0. The largest absolute Gasteiger partial charge is 0.507 e. The van der Waals surface area contributed by atoms with Gasteiger partial charge in [-0.3, -0.25) is 4.90 Å². The maximum absolute atomic E-state index is 12.5. The summed E-state index contributed by atoms with van der Waals surface area (Å²) in [5, 5.41) is 9.10. The molecule has 1 rings (SSSR count). The van der Waals surface area contributed by atoms with E-state index >= 15 is 0 Å². The number of hydrogen-bond donors (Lipinski definition) is 1. The van der Waals surface area contributed by atoms with Gasteiger partial charge in [0.05, 0.1) is 12.1 Å². The molecule has 0 aliphatic carbocycles. The molecular weight excluding hydrogens is 257 g/mol. The summed E-state index contributed by atoms with van der Waals surface area (Å²) < 4.78 is 61.6. The van der Waals surface area contributed by atoms with Crippen LogP contribution < -0.4 is 0 Å². The van der Waals surface area contributed by atoms with Crippen LogP contribution in [0.5, 0.6) is 5.75 Å². The fraction of sp³-hybridized carbons (Fsp3) is 0.455. The minimum Gasteiger partial charge on any atom is -0.507 e. The van der Waals surface area contributed by atoms with E-state index < -0.39 is 30.5 Å². The third kappa shape index (κ3) is 4.14. The lowest BCUT2D eigenvalue weighted by Gasteiger charge is -2.17. The summed E-state index contributed by atoms with van der Waals surface area (Å²) in [4.78, 5) is 1.21.